The molecule has 0 heterocycles. The minimum Gasteiger partial charge on any atom is -0.354 e. The van der Waals surface area contributed by atoms with Crippen molar-refractivity contribution in [2.45, 2.75) is 25.8 Å². The number of carbonyl (C=O) groups is 1. The summed E-state index contributed by atoms with van der Waals surface area (Å²) in [6, 6.07) is 7.71. The Morgan fingerprint density at radius 3 is 2.44 bits per heavy atom. The summed E-state index contributed by atoms with van der Waals surface area (Å²) in [7, 11) is 0. The zero-order chi connectivity index (χ0) is 12.2. The Bertz CT molecular complexity index is 354. The highest BCUT2D eigenvalue weighted by molar-refractivity contribution is 9.10. The first kappa shape index (κ1) is 13.2. The first-order valence-electron chi connectivity index (χ1n) is 5.17. The standard InChI is InChI=1S/C12H17BrN2O/c1-12(2,14)8-15-11(16)7-9-3-5-10(13)6-4-9/h3-6H,7-8,14H2,1-2H3,(H,15,16). The van der Waals surface area contributed by atoms with Crippen LogP contribution in [0, 0.1) is 0 Å². The highest BCUT2D eigenvalue weighted by atomic mass is 79.9. The molecule has 3 N–H and O–H groups in total. The van der Waals surface area contributed by atoms with Crippen LogP contribution in [0.2, 0.25) is 0 Å². The molecule has 0 saturated heterocycles. The van der Waals surface area contributed by atoms with Gasteiger partial charge in [0.25, 0.3) is 0 Å². The Hall–Kier alpha value is -0.870. The van der Waals surface area contributed by atoms with Crippen molar-refractivity contribution in [3.05, 3.63) is 34.3 Å². The van der Waals surface area contributed by atoms with Crippen LogP contribution in [0.25, 0.3) is 0 Å². The summed E-state index contributed by atoms with van der Waals surface area (Å²) in [6.07, 6.45) is 0.392. The second-order valence-electron chi connectivity index (χ2n) is 4.57. The Labute approximate surface area is 105 Å². The van der Waals surface area contributed by atoms with Gasteiger partial charge in [0.1, 0.15) is 0 Å². The number of hydrogen-bond acceptors (Lipinski definition) is 2. The summed E-state index contributed by atoms with van der Waals surface area (Å²) in [4.78, 5) is 11.6. The molecule has 3 nitrogen and oxygen atoms in total. The molecule has 0 saturated carbocycles. The maximum Gasteiger partial charge on any atom is 0.224 e. The molecule has 1 aromatic rings. The maximum atomic E-state index is 11.6. The molecule has 0 aromatic heterocycles. The van der Waals surface area contributed by atoms with Crippen molar-refractivity contribution in [1.82, 2.24) is 5.32 Å². The normalized spacial score (nSPS) is 11.2. The molecule has 0 bridgehead atoms. The predicted molar refractivity (Wildman–Crippen MR) is 69.1 cm³/mol. The third kappa shape index (κ3) is 5.28. The number of halogens is 1. The number of hydrogen-bond donors (Lipinski definition) is 2. The van der Waals surface area contributed by atoms with Gasteiger partial charge >= 0.3 is 0 Å². The fraction of sp³-hybridized carbons (Fsp3) is 0.417. The van der Waals surface area contributed by atoms with Crippen molar-refractivity contribution in [3.8, 4) is 0 Å². The third-order valence-electron chi connectivity index (χ3n) is 2.02. The number of nitrogens with two attached hydrogens (primary N) is 1. The summed E-state index contributed by atoms with van der Waals surface area (Å²) >= 11 is 3.35. The second-order valence-corrected chi connectivity index (χ2v) is 5.48. The Morgan fingerprint density at radius 2 is 1.94 bits per heavy atom. The Morgan fingerprint density at radius 1 is 1.38 bits per heavy atom. The lowest BCUT2D eigenvalue weighted by molar-refractivity contribution is -0.120. The van der Waals surface area contributed by atoms with E-state index in [4.69, 9.17) is 5.73 Å². The van der Waals surface area contributed by atoms with Crippen LogP contribution in [0.15, 0.2) is 28.7 Å². The number of benzene rings is 1. The van der Waals surface area contributed by atoms with E-state index < -0.39 is 0 Å². The number of carbonyl (C=O) groups excluding carboxylic acids is 1. The lowest BCUT2D eigenvalue weighted by Gasteiger charge is -2.18. The summed E-state index contributed by atoms with van der Waals surface area (Å²) < 4.78 is 1.01. The molecule has 1 rings (SSSR count). The molecular weight excluding hydrogens is 268 g/mol. The average Bonchev–Trinajstić information content (AvgIpc) is 2.18. The fourth-order valence-electron chi connectivity index (χ4n) is 1.18. The van der Waals surface area contributed by atoms with Gasteiger partial charge in [-0.2, -0.15) is 0 Å². The van der Waals surface area contributed by atoms with E-state index in [0.717, 1.165) is 10.0 Å². The molecule has 0 spiro atoms. The topological polar surface area (TPSA) is 55.1 Å². The molecular formula is C12H17BrN2O. The summed E-state index contributed by atoms with van der Waals surface area (Å²) in [6.45, 7) is 4.25. The van der Waals surface area contributed by atoms with Crippen LogP contribution >= 0.6 is 15.9 Å². The van der Waals surface area contributed by atoms with Crippen LogP contribution in [-0.4, -0.2) is 18.0 Å². The summed E-state index contributed by atoms with van der Waals surface area (Å²) in [5, 5.41) is 2.81. The van der Waals surface area contributed by atoms with Crippen LogP contribution in [0.5, 0.6) is 0 Å². The number of rotatable bonds is 4. The van der Waals surface area contributed by atoms with Crippen LogP contribution < -0.4 is 11.1 Å². The van der Waals surface area contributed by atoms with Crippen LogP contribution in [-0.2, 0) is 11.2 Å². The van der Waals surface area contributed by atoms with Gasteiger partial charge in [-0.25, -0.2) is 0 Å². The minimum atomic E-state index is -0.366. The van der Waals surface area contributed by atoms with Crippen molar-refractivity contribution >= 4 is 21.8 Å². The second kappa shape index (κ2) is 5.46. The molecule has 0 atom stereocenters. The zero-order valence-corrected chi connectivity index (χ0v) is 11.2. The molecule has 1 aromatic carbocycles. The quantitative estimate of drug-likeness (QED) is 0.887. The van der Waals surface area contributed by atoms with Crippen molar-refractivity contribution in [2.24, 2.45) is 5.73 Å². The molecule has 0 unspecified atom stereocenters. The first-order chi connectivity index (χ1) is 7.37. The molecule has 16 heavy (non-hydrogen) atoms. The van der Waals surface area contributed by atoms with Gasteiger partial charge in [0.2, 0.25) is 5.91 Å². The molecule has 0 radical (unpaired) electrons. The van der Waals surface area contributed by atoms with Gasteiger partial charge in [0, 0.05) is 16.6 Å². The molecule has 0 aliphatic carbocycles. The Kier molecular flexibility index (Phi) is 4.50. The summed E-state index contributed by atoms with van der Waals surface area (Å²) in [5.74, 6) is 0.000785. The van der Waals surface area contributed by atoms with Crippen LogP contribution in [0.4, 0.5) is 0 Å². The van der Waals surface area contributed by atoms with E-state index in [0.29, 0.717) is 13.0 Å². The third-order valence-corrected chi connectivity index (χ3v) is 2.55. The van der Waals surface area contributed by atoms with Crippen LogP contribution in [0.3, 0.4) is 0 Å². The van der Waals surface area contributed by atoms with Crippen molar-refractivity contribution < 1.29 is 4.79 Å². The monoisotopic (exact) mass is 284 g/mol. The average molecular weight is 285 g/mol. The molecule has 4 heteroatoms. The van der Waals surface area contributed by atoms with E-state index in [-0.39, 0.29) is 11.4 Å². The highest BCUT2D eigenvalue weighted by Gasteiger charge is 2.12. The lowest BCUT2D eigenvalue weighted by atomic mass is 10.1. The summed E-state index contributed by atoms with van der Waals surface area (Å²) in [5.41, 5.74) is 6.41. The van der Waals surface area contributed by atoms with Crippen molar-refractivity contribution in [3.63, 3.8) is 0 Å². The van der Waals surface area contributed by atoms with E-state index in [1.54, 1.807) is 0 Å². The van der Waals surface area contributed by atoms with Gasteiger partial charge < -0.3 is 11.1 Å². The van der Waals surface area contributed by atoms with Gasteiger partial charge in [0.15, 0.2) is 0 Å². The van der Waals surface area contributed by atoms with Gasteiger partial charge in [-0.05, 0) is 31.5 Å². The van der Waals surface area contributed by atoms with E-state index in [9.17, 15) is 4.79 Å². The Balaban J connectivity index is 2.43. The van der Waals surface area contributed by atoms with Crippen LogP contribution in [0.1, 0.15) is 19.4 Å². The largest absolute Gasteiger partial charge is 0.354 e. The SMILES string of the molecule is CC(C)(N)CNC(=O)Cc1ccc(Br)cc1. The van der Waals surface area contributed by atoms with Crippen molar-refractivity contribution in [1.29, 1.82) is 0 Å². The zero-order valence-electron chi connectivity index (χ0n) is 9.59. The van der Waals surface area contributed by atoms with E-state index in [1.807, 2.05) is 38.1 Å². The molecule has 0 aliphatic heterocycles. The minimum absolute atomic E-state index is 0.000785. The maximum absolute atomic E-state index is 11.6. The van der Waals surface area contributed by atoms with Gasteiger partial charge in [-0.1, -0.05) is 28.1 Å². The van der Waals surface area contributed by atoms with E-state index in [2.05, 4.69) is 21.2 Å². The van der Waals surface area contributed by atoms with E-state index >= 15 is 0 Å². The molecule has 0 aliphatic rings. The smallest absolute Gasteiger partial charge is 0.224 e. The number of amides is 1. The van der Waals surface area contributed by atoms with Gasteiger partial charge in [-0.15, -0.1) is 0 Å². The lowest BCUT2D eigenvalue weighted by Crippen LogP contribution is -2.45. The highest BCUT2D eigenvalue weighted by Crippen LogP contribution is 2.10. The van der Waals surface area contributed by atoms with E-state index in [1.165, 1.54) is 0 Å². The molecule has 0 fully saturated rings. The van der Waals surface area contributed by atoms with Gasteiger partial charge in [-0.3, -0.25) is 4.79 Å². The molecule has 88 valence electrons. The fourth-order valence-corrected chi connectivity index (χ4v) is 1.44. The molecule has 1 amide bonds. The first-order valence-corrected chi connectivity index (χ1v) is 5.96. The van der Waals surface area contributed by atoms with Gasteiger partial charge in [0.05, 0.1) is 6.42 Å². The predicted octanol–water partition coefficient (Wildman–Crippen LogP) is 1.85. The number of nitrogens with one attached hydrogen (secondary N) is 1. The van der Waals surface area contributed by atoms with Crippen molar-refractivity contribution in [2.75, 3.05) is 6.54 Å².